The van der Waals surface area contributed by atoms with Crippen molar-refractivity contribution < 1.29 is 4.79 Å². The van der Waals surface area contributed by atoms with Crippen molar-refractivity contribution in [2.75, 3.05) is 0 Å². The first-order valence-electron chi connectivity index (χ1n) is 3.16. The highest BCUT2D eigenvalue weighted by Gasteiger charge is 2.12. The molecule has 0 heterocycles. The molecule has 0 aromatic carbocycles. The normalized spacial score (nSPS) is 26.2. The van der Waals surface area contributed by atoms with Crippen molar-refractivity contribution in [2.24, 2.45) is 5.92 Å². The zero-order valence-corrected chi connectivity index (χ0v) is 5.77. The van der Waals surface area contributed by atoms with Gasteiger partial charge in [-0.15, -0.1) is 5.73 Å². The molecule has 0 fully saturated rings. The Kier molecular flexibility index (Phi) is 1.54. The summed E-state index contributed by atoms with van der Waals surface area (Å²) in [5.74, 6) is 0.395. The van der Waals surface area contributed by atoms with Gasteiger partial charge < -0.3 is 0 Å². The second kappa shape index (κ2) is 2.20. The predicted octanol–water partition coefficient (Wildman–Crippen LogP) is 1.70. The molecule has 0 N–H and O–H groups in total. The van der Waals surface area contributed by atoms with Gasteiger partial charge in [0, 0.05) is 12.0 Å². The molecule has 1 atom stereocenters. The van der Waals surface area contributed by atoms with E-state index in [9.17, 15) is 4.79 Å². The van der Waals surface area contributed by atoms with Gasteiger partial charge in [0.1, 0.15) is 0 Å². The number of allylic oxidation sites excluding steroid dienone is 1. The summed E-state index contributed by atoms with van der Waals surface area (Å²) in [5.41, 5.74) is 4.09. The van der Waals surface area contributed by atoms with Crippen LogP contribution in [0.15, 0.2) is 17.4 Å². The van der Waals surface area contributed by atoms with Crippen LogP contribution in [0.25, 0.3) is 0 Å². The quantitative estimate of drug-likeness (QED) is 0.447. The maximum absolute atomic E-state index is 10.8. The van der Waals surface area contributed by atoms with E-state index in [1.165, 1.54) is 5.57 Å². The van der Waals surface area contributed by atoms with Gasteiger partial charge in [0.05, 0.1) is 0 Å². The van der Waals surface area contributed by atoms with Gasteiger partial charge in [-0.1, -0.05) is 6.92 Å². The van der Waals surface area contributed by atoms with E-state index in [1.807, 2.05) is 13.8 Å². The van der Waals surface area contributed by atoms with Crippen LogP contribution in [0.4, 0.5) is 0 Å². The van der Waals surface area contributed by atoms with Crippen molar-refractivity contribution in [3.05, 3.63) is 17.4 Å². The topological polar surface area (TPSA) is 17.1 Å². The van der Waals surface area contributed by atoms with Crippen LogP contribution in [0, 0.1) is 5.92 Å². The molecule has 0 amide bonds. The van der Waals surface area contributed by atoms with Crippen molar-refractivity contribution in [1.82, 2.24) is 0 Å². The molecule has 0 spiro atoms. The summed E-state index contributed by atoms with van der Waals surface area (Å²) >= 11 is 0. The highest BCUT2D eigenvalue weighted by atomic mass is 16.1. The SMILES string of the molecule is CC1=C=CC(=O)C(C)C1. The van der Waals surface area contributed by atoms with Gasteiger partial charge in [0.25, 0.3) is 0 Å². The van der Waals surface area contributed by atoms with Crippen LogP contribution < -0.4 is 0 Å². The highest BCUT2D eigenvalue weighted by Crippen LogP contribution is 2.14. The number of hydrogen-bond donors (Lipinski definition) is 0. The molecule has 9 heavy (non-hydrogen) atoms. The van der Waals surface area contributed by atoms with Crippen LogP contribution in [-0.2, 0) is 4.79 Å². The Bertz CT molecular complexity index is 195. The predicted molar refractivity (Wildman–Crippen MR) is 36.1 cm³/mol. The fourth-order valence-corrected chi connectivity index (χ4v) is 0.955. The van der Waals surface area contributed by atoms with Crippen LogP contribution >= 0.6 is 0 Å². The van der Waals surface area contributed by atoms with Gasteiger partial charge in [-0.25, -0.2) is 0 Å². The van der Waals surface area contributed by atoms with Crippen LogP contribution in [0.2, 0.25) is 0 Å². The molecule has 1 aliphatic carbocycles. The van der Waals surface area contributed by atoms with Crippen molar-refractivity contribution in [3.63, 3.8) is 0 Å². The molecule has 0 aromatic heterocycles. The van der Waals surface area contributed by atoms with Crippen LogP contribution in [-0.4, -0.2) is 5.78 Å². The Morgan fingerprint density at radius 3 is 2.89 bits per heavy atom. The summed E-state index contributed by atoms with van der Waals surface area (Å²) in [6.45, 7) is 3.95. The molecule has 0 saturated heterocycles. The molecule has 1 nitrogen and oxygen atoms in total. The first kappa shape index (κ1) is 6.31. The van der Waals surface area contributed by atoms with E-state index < -0.39 is 0 Å². The molecule has 48 valence electrons. The molecule has 0 aromatic rings. The number of hydrogen-bond acceptors (Lipinski definition) is 1. The second-order valence-electron chi connectivity index (χ2n) is 2.58. The van der Waals surface area contributed by atoms with Crippen molar-refractivity contribution >= 4 is 5.78 Å². The lowest BCUT2D eigenvalue weighted by atomic mass is 9.94. The van der Waals surface area contributed by atoms with Gasteiger partial charge >= 0.3 is 0 Å². The Labute approximate surface area is 55.1 Å². The minimum absolute atomic E-state index is 0.186. The monoisotopic (exact) mass is 122 g/mol. The molecular weight excluding hydrogens is 112 g/mol. The third-order valence-corrected chi connectivity index (χ3v) is 1.56. The Morgan fingerprint density at radius 2 is 2.44 bits per heavy atom. The second-order valence-corrected chi connectivity index (χ2v) is 2.58. The van der Waals surface area contributed by atoms with Gasteiger partial charge in [0.2, 0.25) is 0 Å². The fraction of sp³-hybridized carbons (Fsp3) is 0.500. The minimum atomic E-state index is 0.186. The standard InChI is InChI=1S/C8H10O/c1-6-3-4-8(9)7(2)5-6/h4,7H,5H2,1-2H3. The number of rotatable bonds is 0. The molecule has 0 saturated carbocycles. The number of carbonyl (C=O) groups is 1. The van der Waals surface area contributed by atoms with E-state index in [4.69, 9.17) is 0 Å². The first-order chi connectivity index (χ1) is 4.20. The summed E-state index contributed by atoms with van der Waals surface area (Å²) < 4.78 is 0. The zero-order valence-electron chi connectivity index (χ0n) is 5.77. The van der Waals surface area contributed by atoms with Gasteiger partial charge in [-0.05, 0) is 18.9 Å². The smallest absolute Gasteiger partial charge is 0.166 e. The van der Waals surface area contributed by atoms with Gasteiger partial charge in [0.15, 0.2) is 5.78 Å². The van der Waals surface area contributed by atoms with E-state index in [1.54, 1.807) is 6.08 Å². The molecule has 1 unspecified atom stereocenters. The zero-order chi connectivity index (χ0) is 6.85. The van der Waals surface area contributed by atoms with Crippen molar-refractivity contribution in [3.8, 4) is 0 Å². The Balaban J connectivity index is 2.86. The molecule has 0 aliphatic heterocycles. The fourth-order valence-electron chi connectivity index (χ4n) is 0.955. The lowest BCUT2D eigenvalue weighted by Crippen LogP contribution is -2.10. The Morgan fingerprint density at radius 1 is 1.78 bits per heavy atom. The largest absolute Gasteiger partial charge is 0.294 e. The average molecular weight is 122 g/mol. The summed E-state index contributed by atoms with van der Waals surface area (Å²) in [6.07, 6.45) is 2.43. The van der Waals surface area contributed by atoms with E-state index in [0.29, 0.717) is 0 Å². The molecule has 0 radical (unpaired) electrons. The summed E-state index contributed by atoms with van der Waals surface area (Å²) in [6, 6.07) is 0. The molecule has 1 heteroatoms. The third kappa shape index (κ3) is 1.30. The van der Waals surface area contributed by atoms with Gasteiger partial charge in [-0.3, -0.25) is 4.79 Å². The van der Waals surface area contributed by atoms with Crippen LogP contribution in [0.5, 0.6) is 0 Å². The van der Waals surface area contributed by atoms with E-state index >= 15 is 0 Å². The molecule has 0 bridgehead atoms. The number of carbonyl (C=O) groups excluding carboxylic acids is 1. The Hall–Kier alpha value is -0.810. The minimum Gasteiger partial charge on any atom is -0.294 e. The summed E-state index contributed by atoms with van der Waals surface area (Å²) in [7, 11) is 0. The summed E-state index contributed by atoms with van der Waals surface area (Å²) in [5, 5.41) is 0. The van der Waals surface area contributed by atoms with Crippen LogP contribution in [0.1, 0.15) is 20.3 Å². The van der Waals surface area contributed by atoms with E-state index in [2.05, 4.69) is 5.73 Å². The summed E-state index contributed by atoms with van der Waals surface area (Å²) in [4.78, 5) is 10.8. The highest BCUT2D eigenvalue weighted by molar-refractivity contribution is 5.92. The third-order valence-electron chi connectivity index (χ3n) is 1.56. The average Bonchev–Trinajstić information content (AvgIpc) is 1.80. The van der Waals surface area contributed by atoms with Crippen molar-refractivity contribution in [1.29, 1.82) is 0 Å². The van der Waals surface area contributed by atoms with Gasteiger partial charge in [-0.2, -0.15) is 0 Å². The van der Waals surface area contributed by atoms with Crippen LogP contribution in [0.3, 0.4) is 0 Å². The first-order valence-corrected chi connectivity index (χ1v) is 3.16. The van der Waals surface area contributed by atoms with E-state index in [-0.39, 0.29) is 11.7 Å². The van der Waals surface area contributed by atoms with Crippen molar-refractivity contribution in [2.45, 2.75) is 20.3 Å². The maximum atomic E-state index is 10.8. The lowest BCUT2D eigenvalue weighted by molar-refractivity contribution is -0.117. The maximum Gasteiger partial charge on any atom is 0.166 e. The number of ketones is 1. The van der Waals surface area contributed by atoms with E-state index in [0.717, 1.165) is 6.42 Å². The molecular formula is C8H10O. The molecule has 1 aliphatic rings. The molecule has 1 rings (SSSR count). The lowest BCUT2D eigenvalue weighted by Gasteiger charge is -2.08.